The highest BCUT2D eigenvalue weighted by atomic mass is 32.1. The molecule has 24 heavy (non-hydrogen) atoms. The van der Waals surface area contributed by atoms with E-state index < -0.39 is 0 Å². The van der Waals surface area contributed by atoms with Crippen LogP contribution >= 0.6 is 11.3 Å². The van der Waals surface area contributed by atoms with Crippen LogP contribution in [0, 0.1) is 5.92 Å². The van der Waals surface area contributed by atoms with Gasteiger partial charge in [-0.05, 0) is 30.7 Å². The summed E-state index contributed by atoms with van der Waals surface area (Å²) in [7, 11) is 1.93. The maximum Gasteiger partial charge on any atom is 0.317 e. The van der Waals surface area contributed by atoms with Crippen LogP contribution in [0.1, 0.15) is 29.6 Å². The number of nitrogens with one attached hydrogen (secondary N) is 1. The zero-order chi connectivity index (χ0) is 16.9. The molecule has 2 aromatic rings. The molecular formula is C17H25N5OS. The summed E-state index contributed by atoms with van der Waals surface area (Å²) in [4.78, 5) is 18.7. The Labute approximate surface area is 146 Å². The van der Waals surface area contributed by atoms with E-state index in [0.29, 0.717) is 12.5 Å². The standard InChI is InChI=1S/C17H25N5OS/c1-3-16-20-15(12-24-16)4-6-18-17(23)22-7-5-13(11-22)8-14-9-19-21(2)10-14/h9-10,12-13H,3-8,11H2,1-2H3,(H,18,23). The van der Waals surface area contributed by atoms with Crippen molar-refractivity contribution in [3.8, 4) is 0 Å². The number of urea groups is 1. The summed E-state index contributed by atoms with van der Waals surface area (Å²) in [6, 6.07) is 0.0506. The van der Waals surface area contributed by atoms with Crippen molar-refractivity contribution < 1.29 is 4.79 Å². The molecule has 1 saturated heterocycles. The molecule has 0 aromatic carbocycles. The minimum atomic E-state index is 0.0506. The highest BCUT2D eigenvalue weighted by molar-refractivity contribution is 7.09. The van der Waals surface area contributed by atoms with E-state index in [2.05, 4.69) is 33.9 Å². The third-order valence-electron chi connectivity index (χ3n) is 4.41. The van der Waals surface area contributed by atoms with Gasteiger partial charge >= 0.3 is 6.03 Å². The Bertz CT molecular complexity index is 680. The zero-order valence-corrected chi connectivity index (χ0v) is 15.2. The first-order valence-electron chi connectivity index (χ1n) is 8.57. The predicted molar refractivity (Wildman–Crippen MR) is 95.2 cm³/mol. The van der Waals surface area contributed by atoms with Gasteiger partial charge in [0.05, 0.1) is 16.9 Å². The molecule has 7 heteroatoms. The number of aromatic nitrogens is 3. The molecule has 0 bridgehead atoms. The van der Waals surface area contributed by atoms with Crippen LogP contribution in [-0.4, -0.2) is 45.3 Å². The van der Waals surface area contributed by atoms with Gasteiger partial charge in [-0.3, -0.25) is 4.68 Å². The molecule has 0 aliphatic carbocycles. The van der Waals surface area contributed by atoms with E-state index >= 15 is 0 Å². The SMILES string of the molecule is CCc1nc(CCNC(=O)N2CCC(Cc3cnn(C)c3)C2)cs1. The Balaban J connectivity index is 1.39. The van der Waals surface area contributed by atoms with Crippen LogP contribution in [-0.2, 0) is 26.3 Å². The van der Waals surface area contributed by atoms with E-state index in [0.717, 1.165) is 49.5 Å². The van der Waals surface area contributed by atoms with Crippen molar-refractivity contribution >= 4 is 17.4 Å². The number of carbonyl (C=O) groups is 1. The fourth-order valence-electron chi connectivity index (χ4n) is 3.13. The smallest absolute Gasteiger partial charge is 0.317 e. The number of rotatable bonds is 6. The zero-order valence-electron chi connectivity index (χ0n) is 14.4. The molecular weight excluding hydrogens is 322 g/mol. The number of hydrogen-bond donors (Lipinski definition) is 1. The lowest BCUT2D eigenvalue weighted by molar-refractivity contribution is 0.207. The Morgan fingerprint density at radius 2 is 2.38 bits per heavy atom. The van der Waals surface area contributed by atoms with Crippen LogP contribution in [0.2, 0.25) is 0 Å². The maximum atomic E-state index is 12.3. The van der Waals surface area contributed by atoms with Crippen LogP contribution < -0.4 is 5.32 Å². The van der Waals surface area contributed by atoms with Crippen LogP contribution in [0.5, 0.6) is 0 Å². The first-order valence-corrected chi connectivity index (χ1v) is 9.45. The van der Waals surface area contributed by atoms with Gasteiger partial charge in [-0.1, -0.05) is 6.92 Å². The molecule has 6 nitrogen and oxygen atoms in total. The third-order valence-corrected chi connectivity index (χ3v) is 5.46. The summed E-state index contributed by atoms with van der Waals surface area (Å²) >= 11 is 1.70. The van der Waals surface area contributed by atoms with Crippen molar-refractivity contribution in [2.75, 3.05) is 19.6 Å². The van der Waals surface area contributed by atoms with Gasteiger partial charge in [0.1, 0.15) is 0 Å². The predicted octanol–water partition coefficient (Wildman–Crippen LogP) is 2.26. The van der Waals surface area contributed by atoms with Crippen molar-refractivity contribution in [2.45, 2.75) is 32.6 Å². The number of nitrogens with zero attached hydrogens (tertiary/aromatic N) is 4. The number of likely N-dealkylation sites (tertiary alicyclic amines) is 1. The van der Waals surface area contributed by atoms with E-state index in [1.54, 1.807) is 11.3 Å². The normalized spacial score (nSPS) is 17.4. The monoisotopic (exact) mass is 347 g/mol. The molecule has 0 saturated carbocycles. The van der Waals surface area contributed by atoms with Gasteiger partial charge in [0.25, 0.3) is 0 Å². The number of carbonyl (C=O) groups excluding carboxylic acids is 1. The summed E-state index contributed by atoms with van der Waals surface area (Å²) in [6.07, 6.45) is 7.81. The Hall–Kier alpha value is -1.89. The van der Waals surface area contributed by atoms with Crippen LogP contribution in [0.15, 0.2) is 17.8 Å². The summed E-state index contributed by atoms with van der Waals surface area (Å²) in [6.45, 7) is 4.43. The second kappa shape index (κ2) is 7.79. The number of amides is 2. The molecule has 1 fully saturated rings. The fraction of sp³-hybridized carbons (Fsp3) is 0.588. The van der Waals surface area contributed by atoms with Crippen molar-refractivity contribution in [3.63, 3.8) is 0 Å². The summed E-state index contributed by atoms with van der Waals surface area (Å²) in [5, 5.41) is 10.5. The van der Waals surface area contributed by atoms with Gasteiger partial charge in [-0.25, -0.2) is 9.78 Å². The molecule has 3 rings (SSSR count). The second-order valence-corrected chi connectivity index (χ2v) is 7.34. The fourth-order valence-corrected chi connectivity index (χ4v) is 3.91. The van der Waals surface area contributed by atoms with Crippen molar-refractivity contribution in [3.05, 3.63) is 34.0 Å². The average molecular weight is 347 g/mol. The van der Waals surface area contributed by atoms with Gasteiger partial charge in [-0.15, -0.1) is 11.3 Å². The van der Waals surface area contributed by atoms with Crippen LogP contribution in [0.4, 0.5) is 4.79 Å². The third kappa shape index (κ3) is 4.35. The van der Waals surface area contributed by atoms with Gasteiger partial charge in [0.2, 0.25) is 0 Å². The number of hydrogen-bond acceptors (Lipinski definition) is 4. The first kappa shape index (κ1) is 17.0. The molecule has 1 unspecified atom stereocenters. The highest BCUT2D eigenvalue weighted by Crippen LogP contribution is 2.20. The lowest BCUT2D eigenvalue weighted by Gasteiger charge is -2.17. The minimum Gasteiger partial charge on any atom is -0.338 e. The van der Waals surface area contributed by atoms with E-state index in [1.807, 2.05) is 22.8 Å². The van der Waals surface area contributed by atoms with E-state index in [4.69, 9.17) is 0 Å². The van der Waals surface area contributed by atoms with Crippen LogP contribution in [0.3, 0.4) is 0 Å². The average Bonchev–Trinajstić information content (AvgIpc) is 3.29. The molecule has 2 aromatic heterocycles. The van der Waals surface area contributed by atoms with Crippen LogP contribution in [0.25, 0.3) is 0 Å². The van der Waals surface area contributed by atoms with E-state index in [-0.39, 0.29) is 6.03 Å². The van der Waals surface area contributed by atoms with Crippen molar-refractivity contribution in [1.29, 1.82) is 0 Å². The quantitative estimate of drug-likeness (QED) is 0.872. The molecule has 1 aliphatic rings. The first-order chi connectivity index (χ1) is 11.6. The molecule has 0 spiro atoms. The van der Waals surface area contributed by atoms with Crippen molar-refractivity contribution in [2.24, 2.45) is 13.0 Å². The number of aryl methyl sites for hydroxylation is 2. The molecule has 1 aliphatic heterocycles. The topological polar surface area (TPSA) is 63.1 Å². The molecule has 1 N–H and O–H groups in total. The van der Waals surface area contributed by atoms with Gasteiger partial charge in [0.15, 0.2) is 0 Å². The Morgan fingerprint density at radius 1 is 1.50 bits per heavy atom. The van der Waals surface area contributed by atoms with Gasteiger partial charge in [0, 0.05) is 44.7 Å². The second-order valence-electron chi connectivity index (χ2n) is 6.40. The lowest BCUT2D eigenvalue weighted by Crippen LogP contribution is -2.39. The number of thiazole rings is 1. The molecule has 3 heterocycles. The van der Waals surface area contributed by atoms with E-state index in [1.165, 1.54) is 5.56 Å². The summed E-state index contributed by atoms with van der Waals surface area (Å²) in [5.41, 5.74) is 2.33. The van der Waals surface area contributed by atoms with Gasteiger partial charge in [-0.2, -0.15) is 5.10 Å². The molecule has 130 valence electrons. The molecule has 2 amide bonds. The Kier molecular flexibility index (Phi) is 5.50. The minimum absolute atomic E-state index is 0.0506. The van der Waals surface area contributed by atoms with Gasteiger partial charge < -0.3 is 10.2 Å². The summed E-state index contributed by atoms with van der Waals surface area (Å²) in [5.74, 6) is 0.533. The molecule has 0 radical (unpaired) electrons. The highest BCUT2D eigenvalue weighted by Gasteiger charge is 2.26. The lowest BCUT2D eigenvalue weighted by atomic mass is 10.0. The van der Waals surface area contributed by atoms with Crippen molar-refractivity contribution in [1.82, 2.24) is 25.0 Å². The largest absolute Gasteiger partial charge is 0.338 e. The molecule has 1 atom stereocenters. The Morgan fingerprint density at radius 3 is 3.08 bits per heavy atom. The maximum absolute atomic E-state index is 12.3. The van der Waals surface area contributed by atoms with E-state index in [9.17, 15) is 4.79 Å². The summed E-state index contributed by atoms with van der Waals surface area (Å²) < 4.78 is 1.83.